The second-order valence-corrected chi connectivity index (χ2v) is 10.3. The summed E-state index contributed by atoms with van der Waals surface area (Å²) in [5.74, 6) is 0.616. The van der Waals surface area contributed by atoms with E-state index in [1.807, 2.05) is 12.3 Å². The molecule has 0 bridgehead atoms. The van der Waals surface area contributed by atoms with Crippen molar-refractivity contribution in [2.24, 2.45) is 5.92 Å². The van der Waals surface area contributed by atoms with Crippen molar-refractivity contribution in [3.8, 4) is 22.5 Å². The first-order chi connectivity index (χ1) is 15.8. The third-order valence-corrected chi connectivity index (χ3v) is 6.13. The molecule has 5 rings (SSSR count). The number of fused-ring (bicyclic) bond motifs is 3. The van der Waals surface area contributed by atoms with Gasteiger partial charge in [-0.1, -0.05) is 52.8 Å². The molecule has 0 saturated heterocycles. The summed E-state index contributed by atoms with van der Waals surface area (Å²) in [7, 11) is 0. The van der Waals surface area contributed by atoms with Crippen LogP contribution >= 0.6 is 0 Å². The minimum absolute atomic E-state index is 0.0936. The Morgan fingerprint density at radius 1 is 0.818 bits per heavy atom. The van der Waals surface area contributed by atoms with Gasteiger partial charge in [-0.05, 0) is 77.4 Å². The second-order valence-electron chi connectivity index (χ2n) is 10.3. The molecule has 0 fully saturated rings. The van der Waals surface area contributed by atoms with Gasteiger partial charge in [0.2, 0.25) is 5.71 Å². The summed E-state index contributed by atoms with van der Waals surface area (Å²) in [6, 6.07) is 23.4. The molecule has 3 heteroatoms. The van der Waals surface area contributed by atoms with E-state index in [1.165, 1.54) is 11.1 Å². The maximum Gasteiger partial charge on any atom is 0.227 e. The van der Waals surface area contributed by atoms with E-state index in [4.69, 9.17) is 9.40 Å². The van der Waals surface area contributed by atoms with Crippen molar-refractivity contribution in [2.75, 3.05) is 0 Å². The summed E-state index contributed by atoms with van der Waals surface area (Å²) in [6.45, 7) is 11.2. The summed E-state index contributed by atoms with van der Waals surface area (Å²) in [6.07, 6.45) is 2.96. The maximum atomic E-state index is 6.15. The van der Waals surface area contributed by atoms with Crippen LogP contribution in [0, 0.1) is 5.92 Å². The van der Waals surface area contributed by atoms with Gasteiger partial charge in [0.1, 0.15) is 5.58 Å². The Bertz CT molecular complexity index is 1450. The lowest BCUT2D eigenvalue weighted by Crippen LogP contribution is -2.10. The van der Waals surface area contributed by atoms with Crippen LogP contribution in [-0.2, 0) is 11.8 Å². The Kier molecular flexibility index (Phi) is 5.28. The lowest BCUT2D eigenvalue weighted by Gasteiger charge is -2.19. The Morgan fingerprint density at radius 3 is 2.42 bits per heavy atom. The van der Waals surface area contributed by atoms with Crippen LogP contribution in [0.25, 0.3) is 44.6 Å². The molecule has 5 aromatic rings. The second kappa shape index (κ2) is 8.15. The number of rotatable bonds is 4. The molecule has 0 aliphatic rings. The van der Waals surface area contributed by atoms with Gasteiger partial charge in [-0.3, -0.25) is 4.98 Å². The van der Waals surface area contributed by atoms with Crippen LogP contribution < -0.4 is 0 Å². The number of aromatic nitrogens is 2. The van der Waals surface area contributed by atoms with Crippen molar-refractivity contribution < 1.29 is 4.42 Å². The molecular weight excluding hydrogens is 404 g/mol. The van der Waals surface area contributed by atoms with Crippen LogP contribution in [0.4, 0.5) is 0 Å². The number of benzene rings is 2. The van der Waals surface area contributed by atoms with Gasteiger partial charge in [0, 0.05) is 28.1 Å². The molecule has 0 radical (unpaired) electrons. The fraction of sp³-hybridized carbons (Fsp3) is 0.267. The van der Waals surface area contributed by atoms with Gasteiger partial charge < -0.3 is 4.42 Å². The highest BCUT2D eigenvalue weighted by Crippen LogP contribution is 2.34. The van der Waals surface area contributed by atoms with Crippen LogP contribution in [0.2, 0.25) is 0 Å². The number of hydrogen-bond acceptors (Lipinski definition) is 3. The van der Waals surface area contributed by atoms with E-state index >= 15 is 0 Å². The molecule has 166 valence electrons. The summed E-state index contributed by atoms with van der Waals surface area (Å²) in [5, 5.41) is 2.10. The van der Waals surface area contributed by atoms with Gasteiger partial charge in [-0.2, -0.15) is 0 Å². The van der Waals surface area contributed by atoms with Crippen LogP contribution in [0.15, 0.2) is 77.3 Å². The summed E-state index contributed by atoms with van der Waals surface area (Å²) in [4.78, 5) is 9.50. The minimum Gasteiger partial charge on any atom is -0.438 e. The predicted molar refractivity (Wildman–Crippen MR) is 137 cm³/mol. The molecule has 3 heterocycles. The Hall–Kier alpha value is -3.46. The molecule has 3 nitrogen and oxygen atoms in total. The molecule has 0 spiro atoms. The van der Waals surface area contributed by atoms with E-state index in [0.29, 0.717) is 11.6 Å². The van der Waals surface area contributed by atoms with Crippen LogP contribution in [-0.4, -0.2) is 9.97 Å². The molecule has 33 heavy (non-hydrogen) atoms. The zero-order chi connectivity index (χ0) is 23.2. The first kappa shape index (κ1) is 21.4. The molecule has 2 aromatic carbocycles. The quantitative estimate of drug-likeness (QED) is 0.286. The van der Waals surface area contributed by atoms with Crippen molar-refractivity contribution in [3.63, 3.8) is 0 Å². The van der Waals surface area contributed by atoms with E-state index in [-0.39, 0.29) is 5.41 Å². The van der Waals surface area contributed by atoms with Gasteiger partial charge >= 0.3 is 0 Å². The number of pyridine rings is 2. The monoisotopic (exact) mass is 434 g/mol. The normalized spacial score (nSPS) is 12.2. The smallest absolute Gasteiger partial charge is 0.227 e. The fourth-order valence-electron chi connectivity index (χ4n) is 4.35. The average Bonchev–Trinajstić information content (AvgIpc) is 3.15. The average molecular weight is 435 g/mol. The van der Waals surface area contributed by atoms with E-state index in [9.17, 15) is 0 Å². The van der Waals surface area contributed by atoms with Crippen molar-refractivity contribution in [2.45, 2.75) is 46.5 Å². The van der Waals surface area contributed by atoms with Crippen LogP contribution in [0.5, 0.6) is 0 Å². The van der Waals surface area contributed by atoms with Crippen molar-refractivity contribution >= 4 is 22.1 Å². The number of furan rings is 1. The van der Waals surface area contributed by atoms with E-state index < -0.39 is 0 Å². The zero-order valence-corrected chi connectivity index (χ0v) is 20.0. The molecule has 0 aliphatic heterocycles. The highest BCUT2D eigenvalue weighted by atomic mass is 16.3. The molecule has 0 amide bonds. The van der Waals surface area contributed by atoms with Gasteiger partial charge in [0.15, 0.2) is 0 Å². The Balaban J connectivity index is 1.56. The SMILES string of the molecule is CC(C)Cc1ccnc(-c2ccc3oc4nc(-c5cccc(C(C)(C)C)c5)ccc4c3c2)c1. The van der Waals surface area contributed by atoms with Crippen molar-refractivity contribution in [3.05, 3.63) is 84.1 Å². The molecule has 0 aliphatic carbocycles. The van der Waals surface area contributed by atoms with Crippen molar-refractivity contribution in [1.82, 2.24) is 9.97 Å². The zero-order valence-electron chi connectivity index (χ0n) is 20.0. The maximum absolute atomic E-state index is 6.15. The molecule has 0 N–H and O–H groups in total. The third-order valence-electron chi connectivity index (χ3n) is 6.13. The van der Waals surface area contributed by atoms with Crippen LogP contribution in [0.1, 0.15) is 45.7 Å². The Labute approximate surface area is 195 Å². The molecular formula is C30H30N2O. The summed E-state index contributed by atoms with van der Waals surface area (Å²) < 4.78 is 6.15. The van der Waals surface area contributed by atoms with E-state index in [2.05, 4.69) is 100 Å². The fourth-order valence-corrected chi connectivity index (χ4v) is 4.35. The van der Waals surface area contributed by atoms with Gasteiger partial charge in [-0.15, -0.1) is 0 Å². The minimum atomic E-state index is 0.0936. The van der Waals surface area contributed by atoms with Gasteiger partial charge in [-0.25, -0.2) is 4.98 Å². The van der Waals surface area contributed by atoms with E-state index in [0.717, 1.165) is 45.3 Å². The lowest BCUT2D eigenvalue weighted by molar-refractivity contribution is 0.590. The molecule has 3 aromatic heterocycles. The Morgan fingerprint density at radius 2 is 1.64 bits per heavy atom. The molecule has 0 saturated carbocycles. The third kappa shape index (κ3) is 4.28. The first-order valence-electron chi connectivity index (χ1n) is 11.7. The molecule has 0 atom stereocenters. The van der Waals surface area contributed by atoms with Crippen molar-refractivity contribution in [1.29, 1.82) is 0 Å². The van der Waals surface area contributed by atoms with Crippen LogP contribution in [0.3, 0.4) is 0 Å². The number of hydrogen-bond donors (Lipinski definition) is 0. The van der Waals surface area contributed by atoms with Gasteiger partial charge in [0.05, 0.1) is 11.4 Å². The summed E-state index contributed by atoms with van der Waals surface area (Å²) in [5.41, 5.74) is 8.34. The largest absolute Gasteiger partial charge is 0.438 e. The summed E-state index contributed by atoms with van der Waals surface area (Å²) >= 11 is 0. The highest BCUT2D eigenvalue weighted by molar-refractivity contribution is 6.05. The highest BCUT2D eigenvalue weighted by Gasteiger charge is 2.16. The van der Waals surface area contributed by atoms with Gasteiger partial charge in [0.25, 0.3) is 0 Å². The first-order valence-corrected chi connectivity index (χ1v) is 11.7. The molecule has 0 unspecified atom stereocenters. The number of nitrogens with zero attached hydrogens (tertiary/aromatic N) is 2. The lowest BCUT2D eigenvalue weighted by atomic mass is 9.86. The predicted octanol–water partition coefficient (Wildman–Crippen LogP) is 8.21. The topological polar surface area (TPSA) is 38.9 Å². The van der Waals surface area contributed by atoms with E-state index in [1.54, 1.807) is 0 Å². The standard InChI is InChI=1S/C30H30N2O/c1-19(2)15-20-13-14-31-27(16-20)22-9-12-28-25(18-22)24-10-11-26(32-29(24)33-28)21-7-6-8-23(17-21)30(3,4)5/h6-14,16-19H,15H2,1-5H3.